The summed E-state index contributed by atoms with van der Waals surface area (Å²) in [7, 11) is 0. The van der Waals surface area contributed by atoms with Gasteiger partial charge in [-0.2, -0.15) is 0 Å². The number of benzene rings is 1. The van der Waals surface area contributed by atoms with Gasteiger partial charge in [-0.05, 0) is 25.5 Å². The largest absolute Gasteiger partial charge is 0.396 e. The Labute approximate surface area is 100 Å². The fourth-order valence-corrected chi connectivity index (χ4v) is 2.74. The molecule has 0 radical (unpaired) electrons. The van der Waals surface area contributed by atoms with Crippen LogP contribution in [0.1, 0.15) is 31.9 Å². The van der Waals surface area contributed by atoms with Crippen molar-refractivity contribution in [2.75, 3.05) is 6.61 Å². The van der Waals surface area contributed by atoms with Crippen LogP contribution in [0.4, 0.5) is 4.39 Å². The van der Waals surface area contributed by atoms with Crippen LogP contribution in [0.5, 0.6) is 0 Å². The molecular formula is C12H18FNOS. The summed E-state index contributed by atoms with van der Waals surface area (Å²) in [5, 5.41) is 9.09. The fraction of sp³-hybridized carbons (Fsp3) is 0.500. The van der Waals surface area contributed by atoms with Crippen molar-refractivity contribution < 1.29 is 9.50 Å². The first kappa shape index (κ1) is 13.5. The van der Waals surface area contributed by atoms with Crippen LogP contribution in [-0.4, -0.2) is 17.0 Å². The highest BCUT2D eigenvalue weighted by molar-refractivity contribution is 8.00. The lowest BCUT2D eigenvalue weighted by atomic mass is 10.1. The Hall–Kier alpha value is -0.580. The molecule has 1 rings (SSSR count). The van der Waals surface area contributed by atoms with E-state index in [4.69, 9.17) is 10.8 Å². The SMILES string of the molecule is CC(CCO)Sc1cccc(F)c1[C@@H](C)N. The lowest BCUT2D eigenvalue weighted by Crippen LogP contribution is -2.10. The number of aliphatic hydroxyl groups excluding tert-OH is 1. The second-order valence-corrected chi connectivity index (χ2v) is 5.36. The third-order valence-corrected chi connectivity index (χ3v) is 3.58. The van der Waals surface area contributed by atoms with Crippen LogP contribution in [0.15, 0.2) is 23.1 Å². The van der Waals surface area contributed by atoms with Gasteiger partial charge in [-0.3, -0.25) is 0 Å². The Bertz CT molecular complexity index is 344. The minimum Gasteiger partial charge on any atom is -0.396 e. The zero-order valence-corrected chi connectivity index (χ0v) is 10.4. The van der Waals surface area contributed by atoms with Crippen molar-refractivity contribution in [1.82, 2.24) is 0 Å². The van der Waals surface area contributed by atoms with Crippen molar-refractivity contribution in [2.45, 2.75) is 36.5 Å². The van der Waals surface area contributed by atoms with Crippen LogP contribution in [0.2, 0.25) is 0 Å². The summed E-state index contributed by atoms with van der Waals surface area (Å²) in [6, 6.07) is 4.68. The van der Waals surface area contributed by atoms with E-state index in [1.165, 1.54) is 6.07 Å². The number of nitrogens with two attached hydrogens (primary N) is 1. The van der Waals surface area contributed by atoms with Crippen molar-refractivity contribution >= 4 is 11.8 Å². The molecule has 1 unspecified atom stereocenters. The Balaban J connectivity index is 2.90. The second kappa shape index (κ2) is 6.23. The van der Waals surface area contributed by atoms with E-state index < -0.39 is 0 Å². The number of aliphatic hydroxyl groups is 1. The van der Waals surface area contributed by atoms with E-state index in [0.29, 0.717) is 12.0 Å². The Morgan fingerprint density at radius 2 is 2.12 bits per heavy atom. The number of thioether (sulfide) groups is 1. The first-order valence-corrected chi connectivity index (χ1v) is 6.25. The Kier molecular flexibility index (Phi) is 5.25. The lowest BCUT2D eigenvalue weighted by Gasteiger charge is -2.16. The van der Waals surface area contributed by atoms with Gasteiger partial charge in [-0.1, -0.05) is 13.0 Å². The summed E-state index contributed by atoms with van der Waals surface area (Å²) in [6.45, 7) is 3.94. The second-order valence-electron chi connectivity index (χ2n) is 3.88. The molecule has 0 heterocycles. The predicted molar refractivity (Wildman–Crippen MR) is 66.0 cm³/mol. The molecule has 16 heavy (non-hydrogen) atoms. The van der Waals surface area contributed by atoms with Gasteiger partial charge in [0.05, 0.1) is 0 Å². The maximum Gasteiger partial charge on any atom is 0.129 e. The highest BCUT2D eigenvalue weighted by Crippen LogP contribution is 2.32. The average molecular weight is 243 g/mol. The minimum atomic E-state index is -0.315. The Morgan fingerprint density at radius 1 is 1.44 bits per heavy atom. The average Bonchev–Trinajstić information content (AvgIpc) is 2.17. The zero-order chi connectivity index (χ0) is 12.1. The van der Waals surface area contributed by atoms with Gasteiger partial charge in [0, 0.05) is 28.4 Å². The molecule has 0 fully saturated rings. The van der Waals surface area contributed by atoms with E-state index in [1.54, 1.807) is 24.8 Å². The van der Waals surface area contributed by atoms with Crippen LogP contribution in [-0.2, 0) is 0 Å². The summed E-state index contributed by atoms with van der Waals surface area (Å²) >= 11 is 1.56. The lowest BCUT2D eigenvalue weighted by molar-refractivity contribution is 0.289. The normalized spacial score (nSPS) is 14.8. The fourth-order valence-electron chi connectivity index (χ4n) is 1.52. The van der Waals surface area contributed by atoms with Gasteiger partial charge >= 0.3 is 0 Å². The van der Waals surface area contributed by atoms with Gasteiger partial charge in [0.1, 0.15) is 5.82 Å². The molecular weight excluding hydrogens is 225 g/mol. The third-order valence-electron chi connectivity index (χ3n) is 2.33. The van der Waals surface area contributed by atoms with E-state index in [0.717, 1.165) is 4.90 Å². The van der Waals surface area contributed by atoms with Crippen molar-refractivity contribution in [2.24, 2.45) is 5.73 Å². The molecule has 0 bridgehead atoms. The molecule has 2 nitrogen and oxygen atoms in total. The van der Waals surface area contributed by atoms with Crippen molar-refractivity contribution in [3.63, 3.8) is 0 Å². The van der Waals surface area contributed by atoms with E-state index in [9.17, 15) is 4.39 Å². The molecule has 0 saturated heterocycles. The molecule has 0 saturated carbocycles. The van der Waals surface area contributed by atoms with E-state index in [2.05, 4.69) is 0 Å². The number of rotatable bonds is 5. The topological polar surface area (TPSA) is 46.2 Å². The molecule has 3 N–H and O–H groups in total. The maximum absolute atomic E-state index is 13.6. The highest BCUT2D eigenvalue weighted by atomic mass is 32.2. The molecule has 0 aliphatic carbocycles. The Morgan fingerprint density at radius 3 is 2.69 bits per heavy atom. The van der Waals surface area contributed by atoms with Crippen LogP contribution in [0, 0.1) is 5.82 Å². The van der Waals surface area contributed by atoms with E-state index in [1.807, 2.05) is 13.0 Å². The van der Waals surface area contributed by atoms with Crippen molar-refractivity contribution in [3.8, 4) is 0 Å². The molecule has 0 aliphatic heterocycles. The number of hydrogen-bond acceptors (Lipinski definition) is 3. The van der Waals surface area contributed by atoms with E-state index >= 15 is 0 Å². The zero-order valence-electron chi connectivity index (χ0n) is 9.61. The molecule has 1 aromatic rings. The first-order valence-electron chi connectivity index (χ1n) is 5.37. The standard InChI is InChI=1S/C12H18FNOS/c1-8(6-7-15)16-11-5-3-4-10(13)12(11)9(2)14/h3-5,8-9,15H,6-7,14H2,1-2H3/t8?,9-/m1/s1. The summed E-state index contributed by atoms with van der Waals surface area (Å²) in [5.74, 6) is -0.254. The van der Waals surface area contributed by atoms with Gasteiger partial charge in [-0.15, -0.1) is 11.8 Å². The smallest absolute Gasteiger partial charge is 0.129 e. The summed E-state index contributed by atoms with van der Waals surface area (Å²) < 4.78 is 13.6. The van der Waals surface area contributed by atoms with Gasteiger partial charge in [0.25, 0.3) is 0 Å². The molecule has 2 atom stereocenters. The molecule has 4 heteroatoms. The summed E-state index contributed by atoms with van der Waals surface area (Å²) in [6.07, 6.45) is 0.694. The van der Waals surface area contributed by atoms with Crippen LogP contribution in [0.25, 0.3) is 0 Å². The van der Waals surface area contributed by atoms with E-state index in [-0.39, 0.29) is 23.7 Å². The molecule has 90 valence electrons. The molecule has 1 aromatic carbocycles. The maximum atomic E-state index is 13.6. The summed E-state index contributed by atoms with van der Waals surface area (Å²) in [5.41, 5.74) is 6.33. The van der Waals surface area contributed by atoms with Crippen molar-refractivity contribution in [1.29, 1.82) is 0 Å². The minimum absolute atomic E-state index is 0.150. The first-order chi connectivity index (χ1) is 7.56. The predicted octanol–water partition coefficient (Wildman–Crippen LogP) is 2.71. The third kappa shape index (κ3) is 3.47. The van der Waals surface area contributed by atoms with Gasteiger partial charge in [-0.25, -0.2) is 4.39 Å². The van der Waals surface area contributed by atoms with Crippen LogP contribution in [0.3, 0.4) is 0 Å². The molecule has 0 amide bonds. The number of halogens is 1. The van der Waals surface area contributed by atoms with Gasteiger partial charge < -0.3 is 10.8 Å². The highest BCUT2D eigenvalue weighted by Gasteiger charge is 2.14. The molecule has 0 aromatic heterocycles. The molecule has 0 aliphatic rings. The van der Waals surface area contributed by atoms with Crippen molar-refractivity contribution in [3.05, 3.63) is 29.6 Å². The number of hydrogen-bond donors (Lipinski definition) is 2. The summed E-state index contributed by atoms with van der Waals surface area (Å²) in [4.78, 5) is 0.871. The van der Waals surface area contributed by atoms with Gasteiger partial charge in [0.2, 0.25) is 0 Å². The quantitative estimate of drug-likeness (QED) is 0.782. The van der Waals surface area contributed by atoms with Gasteiger partial charge in [0.15, 0.2) is 0 Å². The monoisotopic (exact) mass is 243 g/mol. The molecule has 0 spiro atoms. The van der Waals surface area contributed by atoms with Crippen LogP contribution >= 0.6 is 11.8 Å². The van der Waals surface area contributed by atoms with Crippen LogP contribution < -0.4 is 5.73 Å².